The second-order valence-corrected chi connectivity index (χ2v) is 9.09. The highest BCUT2D eigenvalue weighted by molar-refractivity contribution is 6.37. The highest BCUT2D eigenvalue weighted by Crippen LogP contribution is 2.33. The third-order valence-electron chi connectivity index (χ3n) is 6.77. The van der Waals surface area contributed by atoms with Gasteiger partial charge < -0.3 is 19.3 Å². The Kier molecular flexibility index (Phi) is 6.57. The van der Waals surface area contributed by atoms with Gasteiger partial charge in [0, 0.05) is 30.6 Å². The Labute approximate surface area is 210 Å². The summed E-state index contributed by atoms with van der Waals surface area (Å²) in [6.45, 7) is 1.72. The Hall–Kier alpha value is -3.59. The Morgan fingerprint density at radius 2 is 1.86 bits per heavy atom. The molecular formula is C25H23B2N3O6. The summed E-state index contributed by atoms with van der Waals surface area (Å²) in [5.41, 5.74) is 3.55. The molecule has 0 aliphatic carbocycles. The van der Waals surface area contributed by atoms with Crippen LogP contribution in [0.25, 0.3) is 0 Å². The molecule has 0 aromatic heterocycles. The van der Waals surface area contributed by atoms with Gasteiger partial charge in [-0.1, -0.05) is 29.1 Å². The van der Waals surface area contributed by atoms with Crippen LogP contribution in [0.4, 0.5) is 0 Å². The first-order valence-electron chi connectivity index (χ1n) is 11.7. The topological polar surface area (TPSA) is 105 Å². The van der Waals surface area contributed by atoms with Crippen LogP contribution in [0.15, 0.2) is 30.3 Å². The number of morpholine rings is 1. The lowest BCUT2D eigenvalue weighted by Crippen LogP contribution is -2.52. The number of carbonyl (C=O) groups excluding carboxylic acids is 4. The summed E-state index contributed by atoms with van der Waals surface area (Å²) in [4.78, 5) is 52.0. The smallest absolute Gasteiger partial charge is 0.255 e. The van der Waals surface area contributed by atoms with Gasteiger partial charge in [0.2, 0.25) is 17.7 Å². The van der Waals surface area contributed by atoms with E-state index in [9.17, 15) is 19.2 Å². The number of rotatable bonds is 6. The summed E-state index contributed by atoms with van der Waals surface area (Å²) >= 11 is 0. The van der Waals surface area contributed by atoms with Crippen LogP contribution < -0.4 is 21.0 Å². The number of ether oxygens (including phenoxy) is 2. The molecule has 5 rings (SSSR count). The van der Waals surface area contributed by atoms with Crippen LogP contribution in [-0.4, -0.2) is 74.9 Å². The standard InChI is InChI=1S/C25H23B2N3O6/c26-18-9-15(19(27)8-14(18)10-29-6-7-35-13-23(29)32)12-36-21-3-1-2-16-17(21)11-30(25(16)34)20-4-5-22(31)28-24(20)33/h1-3,8-9,20H,4-7,10-13H2,(H,28,31,33). The van der Waals surface area contributed by atoms with Crippen molar-refractivity contribution in [3.8, 4) is 5.75 Å². The first-order chi connectivity index (χ1) is 17.3. The SMILES string of the molecule is [B]c1cc(CN2CCOCC2=O)c([B])cc1COc1cccc2c1CN(C1CCC(=O)NC1=O)C2=O. The number of benzene rings is 2. The summed E-state index contributed by atoms with van der Waals surface area (Å²) in [7, 11) is 12.5. The van der Waals surface area contributed by atoms with Gasteiger partial charge in [-0.2, -0.15) is 0 Å². The molecule has 0 spiro atoms. The van der Waals surface area contributed by atoms with Crippen molar-refractivity contribution in [1.82, 2.24) is 15.1 Å². The van der Waals surface area contributed by atoms with Crippen LogP contribution in [0, 0.1) is 0 Å². The Balaban J connectivity index is 1.29. The number of piperidine rings is 1. The summed E-state index contributed by atoms with van der Waals surface area (Å²) in [5.74, 6) is -0.640. The van der Waals surface area contributed by atoms with E-state index in [1.807, 2.05) is 0 Å². The van der Waals surface area contributed by atoms with Crippen LogP contribution in [0.2, 0.25) is 0 Å². The van der Waals surface area contributed by atoms with Gasteiger partial charge in [-0.25, -0.2) is 0 Å². The van der Waals surface area contributed by atoms with Gasteiger partial charge in [0.15, 0.2) is 0 Å². The minimum atomic E-state index is -0.697. The largest absolute Gasteiger partial charge is 0.489 e. The Bertz CT molecular complexity index is 1270. The fourth-order valence-corrected chi connectivity index (χ4v) is 4.76. The molecule has 2 aromatic rings. The molecule has 1 N–H and O–H groups in total. The van der Waals surface area contributed by atoms with Crippen molar-refractivity contribution in [2.24, 2.45) is 0 Å². The summed E-state index contributed by atoms with van der Waals surface area (Å²) in [5, 5.41) is 2.30. The van der Waals surface area contributed by atoms with Gasteiger partial charge in [0.05, 0.1) is 13.2 Å². The molecule has 11 heteroatoms. The minimum Gasteiger partial charge on any atom is -0.489 e. The fourth-order valence-electron chi connectivity index (χ4n) is 4.76. The lowest BCUT2D eigenvalue weighted by atomic mass is 9.81. The van der Waals surface area contributed by atoms with E-state index in [-0.39, 0.29) is 43.9 Å². The van der Waals surface area contributed by atoms with E-state index < -0.39 is 11.9 Å². The zero-order chi connectivity index (χ0) is 25.4. The second-order valence-electron chi connectivity index (χ2n) is 9.09. The number of fused-ring (bicyclic) bond motifs is 1. The average Bonchev–Trinajstić information content (AvgIpc) is 3.18. The molecule has 2 aromatic carbocycles. The number of carbonyl (C=O) groups is 4. The van der Waals surface area contributed by atoms with E-state index in [1.165, 1.54) is 4.90 Å². The second kappa shape index (κ2) is 9.81. The molecule has 2 fully saturated rings. The van der Waals surface area contributed by atoms with E-state index in [4.69, 9.17) is 25.2 Å². The third kappa shape index (κ3) is 4.63. The minimum absolute atomic E-state index is 0.0617. The van der Waals surface area contributed by atoms with Gasteiger partial charge in [0.1, 0.15) is 40.7 Å². The molecule has 4 radical (unpaired) electrons. The van der Waals surface area contributed by atoms with Crippen LogP contribution in [-0.2, 0) is 38.8 Å². The molecule has 36 heavy (non-hydrogen) atoms. The first kappa shape index (κ1) is 24.1. The molecule has 0 bridgehead atoms. The van der Waals surface area contributed by atoms with Gasteiger partial charge in [0.25, 0.3) is 5.91 Å². The maximum Gasteiger partial charge on any atom is 0.255 e. The quantitative estimate of drug-likeness (QED) is 0.417. The zero-order valence-corrected chi connectivity index (χ0v) is 19.6. The van der Waals surface area contributed by atoms with Gasteiger partial charge in [-0.3, -0.25) is 24.5 Å². The molecule has 9 nitrogen and oxygen atoms in total. The number of hydrogen-bond acceptors (Lipinski definition) is 6. The van der Waals surface area contributed by atoms with Gasteiger partial charge in [-0.15, -0.1) is 0 Å². The molecule has 2 saturated heterocycles. The highest BCUT2D eigenvalue weighted by Gasteiger charge is 2.40. The molecular weight excluding hydrogens is 460 g/mol. The monoisotopic (exact) mass is 483 g/mol. The molecule has 3 aliphatic heterocycles. The van der Waals surface area contributed by atoms with Gasteiger partial charge in [-0.05, 0) is 29.7 Å². The molecule has 1 atom stereocenters. The Morgan fingerprint density at radius 3 is 2.64 bits per heavy atom. The van der Waals surface area contributed by atoms with E-state index in [1.54, 1.807) is 35.2 Å². The molecule has 180 valence electrons. The van der Waals surface area contributed by atoms with Crippen molar-refractivity contribution in [2.75, 3.05) is 19.8 Å². The van der Waals surface area contributed by atoms with E-state index in [0.717, 1.165) is 5.56 Å². The molecule has 0 saturated carbocycles. The van der Waals surface area contributed by atoms with Crippen molar-refractivity contribution < 1.29 is 28.7 Å². The molecule has 3 heterocycles. The average molecular weight is 483 g/mol. The molecule has 1 unspecified atom stereocenters. The maximum atomic E-state index is 13.0. The molecule has 3 aliphatic rings. The number of nitrogens with zero attached hydrogens (tertiary/aromatic N) is 2. The van der Waals surface area contributed by atoms with Crippen LogP contribution in [0.3, 0.4) is 0 Å². The van der Waals surface area contributed by atoms with E-state index in [2.05, 4.69) is 5.32 Å². The van der Waals surface area contributed by atoms with Crippen molar-refractivity contribution >= 4 is 50.2 Å². The van der Waals surface area contributed by atoms with E-state index >= 15 is 0 Å². The predicted molar refractivity (Wildman–Crippen MR) is 130 cm³/mol. The summed E-state index contributed by atoms with van der Waals surface area (Å²) in [6.07, 6.45) is 0.481. The fraction of sp³-hybridized carbons (Fsp3) is 0.360. The number of nitrogens with one attached hydrogen (secondary N) is 1. The summed E-state index contributed by atoms with van der Waals surface area (Å²) in [6, 6.07) is 7.97. The normalized spacial score (nSPS) is 19.9. The maximum absolute atomic E-state index is 13.0. The highest BCUT2D eigenvalue weighted by atomic mass is 16.5. The van der Waals surface area contributed by atoms with Crippen LogP contribution in [0.1, 0.15) is 39.9 Å². The predicted octanol–water partition coefficient (Wildman–Crippen LogP) is -1.03. The lowest BCUT2D eigenvalue weighted by molar-refractivity contribution is -0.143. The first-order valence-corrected chi connectivity index (χ1v) is 11.7. The van der Waals surface area contributed by atoms with Crippen molar-refractivity contribution in [3.63, 3.8) is 0 Å². The van der Waals surface area contributed by atoms with Crippen LogP contribution in [0.5, 0.6) is 5.75 Å². The third-order valence-corrected chi connectivity index (χ3v) is 6.77. The number of imide groups is 1. The van der Waals surface area contributed by atoms with Crippen molar-refractivity contribution in [1.29, 1.82) is 0 Å². The summed E-state index contributed by atoms with van der Waals surface area (Å²) < 4.78 is 11.2. The van der Waals surface area contributed by atoms with E-state index in [0.29, 0.717) is 59.5 Å². The van der Waals surface area contributed by atoms with Gasteiger partial charge >= 0.3 is 0 Å². The number of hydrogen-bond donors (Lipinski definition) is 1. The van der Waals surface area contributed by atoms with Crippen LogP contribution >= 0.6 is 0 Å². The molecule has 4 amide bonds. The zero-order valence-electron chi connectivity index (χ0n) is 19.6. The van der Waals surface area contributed by atoms with Crippen molar-refractivity contribution in [2.45, 2.75) is 38.6 Å². The lowest BCUT2D eigenvalue weighted by Gasteiger charge is -2.29. The van der Waals surface area contributed by atoms with Crippen molar-refractivity contribution in [3.05, 3.63) is 52.6 Å². The Morgan fingerprint density at radius 1 is 1.08 bits per heavy atom. The number of amides is 4.